The van der Waals surface area contributed by atoms with Gasteiger partial charge in [0, 0.05) is 11.8 Å². The number of carbonyl (C=O) groups is 1. The standard InChI is InChI=1S/C24H25NO4/c1-16(2)18-7-4-17(5-8-18)6-13-24(27)25-19-9-11-22(28-3)21(14-19)23-12-10-20(15-26)29-23/h4-14,16,26H,15H2,1-3H3,(H,25,27)/b13-6+. The van der Waals surface area contributed by atoms with E-state index in [0.29, 0.717) is 34.4 Å². The summed E-state index contributed by atoms with van der Waals surface area (Å²) in [6.07, 6.45) is 3.29. The molecular weight excluding hydrogens is 366 g/mol. The summed E-state index contributed by atoms with van der Waals surface area (Å²) in [7, 11) is 1.57. The van der Waals surface area contributed by atoms with Crippen LogP contribution >= 0.6 is 0 Å². The quantitative estimate of drug-likeness (QED) is 0.542. The van der Waals surface area contributed by atoms with Crippen LogP contribution in [0.25, 0.3) is 17.4 Å². The molecule has 0 spiro atoms. The van der Waals surface area contributed by atoms with Gasteiger partial charge in [-0.3, -0.25) is 4.79 Å². The normalized spacial score (nSPS) is 11.2. The predicted molar refractivity (Wildman–Crippen MR) is 115 cm³/mol. The molecule has 5 nitrogen and oxygen atoms in total. The van der Waals surface area contributed by atoms with Crippen molar-refractivity contribution < 1.29 is 19.1 Å². The molecule has 29 heavy (non-hydrogen) atoms. The number of nitrogens with one attached hydrogen (secondary N) is 1. The third-order valence-electron chi connectivity index (χ3n) is 4.58. The number of furan rings is 1. The summed E-state index contributed by atoms with van der Waals surface area (Å²) in [5, 5.41) is 12.1. The average Bonchev–Trinajstić information content (AvgIpc) is 3.21. The molecule has 3 aromatic rings. The Morgan fingerprint density at radius 3 is 2.52 bits per heavy atom. The third-order valence-corrected chi connectivity index (χ3v) is 4.58. The molecule has 2 N–H and O–H groups in total. The largest absolute Gasteiger partial charge is 0.496 e. The molecule has 0 atom stereocenters. The van der Waals surface area contributed by atoms with Crippen LogP contribution in [-0.2, 0) is 11.4 Å². The Morgan fingerprint density at radius 1 is 1.14 bits per heavy atom. The fraction of sp³-hybridized carbons (Fsp3) is 0.208. The van der Waals surface area contributed by atoms with Crippen LogP contribution in [0.15, 0.2) is 65.1 Å². The summed E-state index contributed by atoms with van der Waals surface area (Å²) in [6, 6.07) is 16.9. The molecule has 0 saturated carbocycles. The van der Waals surface area contributed by atoms with Crippen LogP contribution in [0.4, 0.5) is 5.69 Å². The number of aliphatic hydroxyl groups excluding tert-OH is 1. The van der Waals surface area contributed by atoms with Gasteiger partial charge in [0.05, 0.1) is 12.7 Å². The maximum atomic E-state index is 12.3. The number of amides is 1. The average molecular weight is 391 g/mol. The molecule has 1 heterocycles. The van der Waals surface area contributed by atoms with Gasteiger partial charge in [0.2, 0.25) is 5.91 Å². The number of aliphatic hydroxyl groups is 1. The van der Waals surface area contributed by atoms with Gasteiger partial charge in [-0.15, -0.1) is 0 Å². The van der Waals surface area contributed by atoms with Crippen LogP contribution in [-0.4, -0.2) is 18.1 Å². The van der Waals surface area contributed by atoms with E-state index in [0.717, 1.165) is 5.56 Å². The molecular formula is C24H25NO4. The lowest BCUT2D eigenvalue weighted by molar-refractivity contribution is -0.111. The van der Waals surface area contributed by atoms with Crippen LogP contribution in [0.3, 0.4) is 0 Å². The van der Waals surface area contributed by atoms with E-state index >= 15 is 0 Å². The highest BCUT2D eigenvalue weighted by atomic mass is 16.5. The zero-order chi connectivity index (χ0) is 20.8. The van der Waals surface area contributed by atoms with E-state index in [1.54, 1.807) is 43.5 Å². The number of hydrogen-bond donors (Lipinski definition) is 2. The molecule has 1 aromatic heterocycles. The fourth-order valence-electron chi connectivity index (χ4n) is 2.93. The van der Waals surface area contributed by atoms with Crippen molar-refractivity contribution in [2.45, 2.75) is 26.4 Å². The molecule has 2 aromatic carbocycles. The molecule has 0 aliphatic heterocycles. The number of methoxy groups -OCH3 is 1. The number of ether oxygens (including phenoxy) is 1. The lowest BCUT2D eigenvalue weighted by atomic mass is 10.0. The van der Waals surface area contributed by atoms with Gasteiger partial charge >= 0.3 is 0 Å². The minimum absolute atomic E-state index is 0.179. The van der Waals surface area contributed by atoms with Crippen molar-refractivity contribution in [2.24, 2.45) is 0 Å². The molecule has 5 heteroatoms. The molecule has 150 valence electrons. The highest BCUT2D eigenvalue weighted by Gasteiger charge is 2.12. The maximum absolute atomic E-state index is 12.3. The van der Waals surface area contributed by atoms with E-state index in [1.807, 2.05) is 12.1 Å². The summed E-state index contributed by atoms with van der Waals surface area (Å²) < 4.78 is 11.0. The topological polar surface area (TPSA) is 71.7 Å². The van der Waals surface area contributed by atoms with Crippen molar-refractivity contribution in [3.05, 3.63) is 77.6 Å². The molecule has 0 unspecified atom stereocenters. The highest BCUT2D eigenvalue weighted by Crippen LogP contribution is 2.33. The zero-order valence-electron chi connectivity index (χ0n) is 16.8. The first-order valence-corrected chi connectivity index (χ1v) is 9.47. The molecule has 0 aliphatic carbocycles. The van der Waals surface area contributed by atoms with Crippen molar-refractivity contribution in [2.75, 3.05) is 12.4 Å². The number of benzene rings is 2. The van der Waals surface area contributed by atoms with Crippen LogP contribution in [0.5, 0.6) is 5.75 Å². The summed E-state index contributed by atoms with van der Waals surface area (Å²) in [5.74, 6) is 1.88. The summed E-state index contributed by atoms with van der Waals surface area (Å²) in [4.78, 5) is 12.3. The van der Waals surface area contributed by atoms with Crippen LogP contribution in [0.1, 0.15) is 36.7 Å². The summed E-state index contributed by atoms with van der Waals surface area (Å²) >= 11 is 0. The lowest BCUT2D eigenvalue weighted by Crippen LogP contribution is -2.07. The molecule has 3 rings (SSSR count). The van der Waals surface area contributed by atoms with E-state index in [-0.39, 0.29) is 12.5 Å². The Bertz CT molecular complexity index is 1000. The van der Waals surface area contributed by atoms with Gasteiger partial charge in [0.1, 0.15) is 23.9 Å². The van der Waals surface area contributed by atoms with Crippen LogP contribution < -0.4 is 10.1 Å². The molecule has 0 radical (unpaired) electrons. The molecule has 1 amide bonds. The van der Waals surface area contributed by atoms with Crippen molar-refractivity contribution in [1.82, 2.24) is 0 Å². The molecule has 0 saturated heterocycles. The van der Waals surface area contributed by atoms with E-state index < -0.39 is 0 Å². The van der Waals surface area contributed by atoms with Gasteiger partial charge in [-0.1, -0.05) is 38.1 Å². The minimum Gasteiger partial charge on any atom is -0.496 e. The predicted octanol–water partition coefficient (Wildman–Crippen LogP) is 5.22. The van der Waals surface area contributed by atoms with Gasteiger partial charge in [0.25, 0.3) is 0 Å². The van der Waals surface area contributed by atoms with Crippen molar-refractivity contribution in [3.8, 4) is 17.1 Å². The molecule has 0 aliphatic rings. The van der Waals surface area contributed by atoms with Crippen molar-refractivity contribution in [1.29, 1.82) is 0 Å². The van der Waals surface area contributed by atoms with Gasteiger partial charge in [-0.05, 0) is 53.5 Å². The van der Waals surface area contributed by atoms with Gasteiger partial charge in [0.15, 0.2) is 0 Å². The Morgan fingerprint density at radius 2 is 1.90 bits per heavy atom. The van der Waals surface area contributed by atoms with Crippen molar-refractivity contribution >= 4 is 17.7 Å². The van der Waals surface area contributed by atoms with E-state index in [2.05, 4.69) is 31.3 Å². The Labute approximate surface area is 170 Å². The SMILES string of the molecule is COc1ccc(NC(=O)/C=C/c2ccc(C(C)C)cc2)cc1-c1ccc(CO)o1. The molecule has 0 bridgehead atoms. The lowest BCUT2D eigenvalue weighted by Gasteiger charge is -2.09. The monoisotopic (exact) mass is 391 g/mol. The Kier molecular flexibility index (Phi) is 6.52. The first-order chi connectivity index (χ1) is 14.0. The second-order valence-corrected chi connectivity index (χ2v) is 6.98. The highest BCUT2D eigenvalue weighted by molar-refractivity contribution is 6.02. The summed E-state index contributed by atoms with van der Waals surface area (Å²) in [6.45, 7) is 4.12. The van der Waals surface area contributed by atoms with Gasteiger partial charge in [-0.2, -0.15) is 0 Å². The second-order valence-electron chi connectivity index (χ2n) is 6.98. The van der Waals surface area contributed by atoms with E-state index in [4.69, 9.17) is 9.15 Å². The fourth-order valence-corrected chi connectivity index (χ4v) is 2.93. The number of hydrogen-bond acceptors (Lipinski definition) is 4. The maximum Gasteiger partial charge on any atom is 0.248 e. The number of anilines is 1. The third kappa shape index (κ3) is 5.15. The molecule has 0 fully saturated rings. The van der Waals surface area contributed by atoms with Gasteiger partial charge in [-0.25, -0.2) is 0 Å². The Balaban J connectivity index is 1.73. The van der Waals surface area contributed by atoms with Crippen molar-refractivity contribution in [3.63, 3.8) is 0 Å². The first kappa shape index (κ1) is 20.4. The van der Waals surface area contributed by atoms with Crippen LogP contribution in [0.2, 0.25) is 0 Å². The second kappa shape index (κ2) is 9.26. The number of rotatable bonds is 7. The van der Waals surface area contributed by atoms with Crippen LogP contribution in [0, 0.1) is 0 Å². The number of carbonyl (C=O) groups excluding carboxylic acids is 1. The van der Waals surface area contributed by atoms with E-state index in [1.165, 1.54) is 11.6 Å². The summed E-state index contributed by atoms with van der Waals surface area (Å²) in [5.41, 5.74) is 3.54. The smallest absolute Gasteiger partial charge is 0.248 e. The first-order valence-electron chi connectivity index (χ1n) is 9.47. The Hall–Kier alpha value is -3.31. The van der Waals surface area contributed by atoms with E-state index in [9.17, 15) is 9.90 Å². The van der Waals surface area contributed by atoms with Gasteiger partial charge < -0.3 is 19.6 Å². The minimum atomic E-state index is -0.232. The zero-order valence-corrected chi connectivity index (χ0v) is 16.8.